The van der Waals surface area contributed by atoms with Gasteiger partial charge in [0.1, 0.15) is 23.6 Å². The zero-order chi connectivity index (χ0) is 45.4. The van der Waals surface area contributed by atoms with Gasteiger partial charge in [0.05, 0.1) is 67.0 Å². The predicted octanol–water partition coefficient (Wildman–Crippen LogP) is 5.35. The number of cyclic esters (lactones) is 1. The van der Waals surface area contributed by atoms with Gasteiger partial charge in [-0.25, -0.2) is 9.78 Å². The lowest BCUT2D eigenvalue weighted by molar-refractivity contribution is -0.302. The van der Waals surface area contributed by atoms with Crippen molar-refractivity contribution in [2.45, 2.75) is 141 Å². The van der Waals surface area contributed by atoms with Crippen LogP contribution in [-0.2, 0) is 44.7 Å². The van der Waals surface area contributed by atoms with E-state index in [1.165, 1.54) is 0 Å². The summed E-state index contributed by atoms with van der Waals surface area (Å²) < 4.78 is 39.9. The first-order valence-electron chi connectivity index (χ1n) is 22.2. The number of nitrogens with zero attached hydrogens (tertiary/aromatic N) is 7. The van der Waals surface area contributed by atoms with E-state index >= 15 is 0 Å². The SMILES string of the molecule is CC[C@H]1OC(=O)[C@H](C)[C@H]2OC/C(=N\OCc3cccc(-c4ccc(Cl)nn4)n3)CO[C@](C)(C[C@@H](C)C3=NCCN4C(=O)O[C@@]1(C)[C@H]4[C@H]3C)[C@H](O[C@H]1O[C@@H](C)C[C@@H](N(C)C)[C@@H]1O)[C@H]2C. The maximum Gasteiger partial charge on any atom is 0.410 e. The van der Waals surface area contributed by atoms with E-state index in [0.717, 1.165) is 5.71 Å². The number of oxime groups is 1. The summed E-state index contributed by atoms with van der Waals surface area (Å²) >= 11 is 5.95. The molecule has 4 fully saturated rings. The number of aliphatic hydroxyl groups excluding tert-OH is 1. The van der Waals surface area contributed by atoms with Gasteiger partial charge in [0.25, 0.3) is 0 Å². The van der Waals surface area contributed by atoms with Gasteiger partial charge in [-0.1, -0.05) is 50.5 Å². The molecule has 1 amide bonds. The number of likely N-dealkylation sites (N-methyl/N-ethyl adjacent to an activating group) is 1. The molecule has 346 valence electrons. The van der Waals surface area contributed by atoms with E-state index in [2.05, 4.69) is 34.2 Å². The minimum atomic E-state index is -1.15. The molecule has 7 rings (SSSR count). The Kier molecular flexibility index (Phi) is 14.5. The number of pyridine rings is 1. The number of rotatable bonds is 8. The monoisotopic (exact) mass is 897 g/mol. The van der Waals surface area contributed by atoms with Crippen LogP contribution in [0.4, 0.5) is 4.79 Å². The number of fused-ring (bicyclic) bond motifs is 4. The summed E-state index contributed by atoms with van der Waals surface area (Å²) in [5, 5.41) is 24.7. The van der Waals surface area contributed by atoms with Gasteiger partial charge in [-0.3, -0.25) is 14.7 Å². The molecule has 2 aromatic heterocycles. The van der Waals surface area contributed by atoms with Crippen molar-refractivity contribution in [3.63, 3.8) is 0 Å². The first kappa shape index (κ1) is 47.1. The smallest absolute Gasteiger partial charge is 0.410 e. The number of esters is 1. The van der Waals surface area contributed by atoms with Gasteiger partial charge in [-0.05, 0) is 91.2 Å². The summed E-state index contributed by atoms with van der Waals surface area (Å²) in [5.41, 5.74) is 0.802. The van der Waals surface area contributed by atoms with E-state index in [9.17, 15) is 14.7 Å². The molecule has 0 unspecified atom stereocenters. The molecule has 4 bridgehead atoms. The number of hydrogen-bond acceptors (Lipinski definition) is 16. The number of aliphatic imine (C=N–C) groups is 1. The molecule has 14 atom stereocenters. The van der Waals surface area contributed by atoms with Gasteiger partial charge >= 0.3 is 12.1 Å². The summed E-state index contributed by atoms with van der Waals surface area (Å²) in [6, 6.07) is 8.19. The Morgan fingerprint density at radius 2 is 1.81 bits per heavy atom. The van der Waals surface area contributed by atoms with Crippen LogP contribution in [0.3, 0.4) is 0 Å². The van der Waals surface area contributed by atoms with E-state index in [-0.39, 0.29) is 49.0 Å². The second-order valence-electron chi connectivity index (χ2n) is 18.6. The second kappa shape index (κ2) is 19.3. The summed E-state index contributed by atoms with van der Waals surface area (Å²) in [4.78, 5) is 47.7. The number of aliphatic hydroxyl groups is 1. The van der Waals surface area contributed by atoms with Crippen LogP contribution in [0.25, 0.3) is 11.4 Å². The Morgan fingerprint density at radius 3 is 2.52 bits per heavy atom. The van der Waals surface area contributed by atoms with Crippen LogP contribution >= 0.6 is 11.6 Å². The molecule has 0 radical (unpaired) electrons. The fourth-order valence-corrected chi connectivity index (χ4v) is 10.7. The van der Waals surface area contributed by atoms with Crippen molar-refractivity contribution in [3.8, 4) is 11.4 Å². The summed E-state index contributed by atoms with van der Waals surface area (Å²) in [5.74, 6) is -2.37. The summed E-state index contributed by atoms with van der Waals surface area (Å²) in [6.45, 7) is 16.4. The van der Waals surface area contributed by atoms with Crippen LogP contribution in [0.2, 0.25) is 5.15 Å². The van der Waals surface area contributed by atoms with Crippen molar-refractivity contribution >= 4 is 35.1 Å². The molecule has 18 heteroatoms. The standard InChI is InChI=1S/C45H64ClN7O10/c1-11-34-45(8)39-26(4)36(47-17-18-53(39)43(56)63-45)24(2)20-44(7)40(62-42-37(54)33(52(9)10)19-25(3)60-42)27(5)38(28(6)41(55)61-34)57-21-30(22-58-44)51-59-23-29-13-12-14-31(48-29)32-15-16-35(46)50-49-32/h12-16,24-28,33-34,37-40,42,54H,11,17-23H2,1-10H3/b51-30+/t24-,25+,26+,27+,28-,33-,34-,37+,38+,39-,40-,42-,44-,45-/m1/s1. The Morgan fingerprint density at radius 1 is 1.03 bits per heavy atom. The summed E-state index contributed by atoms with van der Waals surface area (Å²) in [7, 11) is 3.86. The van der Waals surface area contributed by atoms with Crippen LogP contribution in [-0.4, -0.2) is 154 Å². The molecular weight excluding hydrogens is 834 g/mol. The lowest BCUT2D eigenvalue weighted by atomic mass is 9.72. The molecule has 63 heavy (non-hydrogen) atoms. The topological polar surface area (TPSA) is 189 Å². The van der Waals surface area contributed by atoms with E-state index < -0.39 is 71.8 Å². The molecule has 5 aliphatic rings. The quantitative estimate of drug-likeness (QED) is 0.264. The van der Waals surface area contributed by atoms with Gasteiger partial charge in [0, 0.05) is 30.1 Å². The zero-order valence-corrected chi connectivity index (χ0v) is 38.9. The molecule has 0 saturated carbocycles. The molecular formula is C45H64ClN7O10. The lowest BCUT2D eigenvalue weighted by Gasteiger charge is -2.48. The highest BCUT2D eigenvalue weighted by molar-refractivity contribution is 6.29. The maximum absolute atomic E-state index is 14.6. The van der Waals surface area contributed by atoms with Crippen molar-refractivity contribution in [1.82, 2.24) is 25.0 Å². The molecule has 5 aliphatic heterocycles. The van der Waals surface area contributed by atoms with Crippen molar-refractivity contribution in [2.75, 3.05) is 40.4 Å². The van der Waals surface area contributed by atoms with Gasteiger partial charge < -0.3 is 43.3 Å². The highest BCUT2D eigenvalue weighted by Gasteiger charge is 2.60. The average Bonchev–Trinajstić information content (AvgIpc) is 3.39. The maximum atomic E-state index is 14.6. The second-order valence-corrected chi connectivity index (χ2v) is 19.0. The Bertz CT molecular complexity index is 2010. The number of carbonyl (C=O) groups excluding carboxylic acids is 2. The third-order valence-corrected chi connectivity index (χ3v) is 13.9. The van der Waals surface area contributed by atoms with Gasteiger partial charge in [0.2, 0.25) is 0 Å². The average molecular weight is 898 g/mol. The van der Waals surface area contributed by atoms with Gasteiger partial charge in [-0.15, -0.1) is 10.2 Å². The van der Waals surface area contributed by atoms with E-state index in [0.29, 0.717) is 55.1 Å². The van der Waals surface area contributed by atoms with Crippen molar-refractivity contribution in [3.05, 3.63) is 41.2 Å². The van der Waals surface area contributed by atoms with E-state index in [4.69, 9.17) is 49.9 Å². The zero-order valence-electron chi connectivity index (χ0n) is 38.1. The van der Waals surface area contributed by atoms with Crippen LogP contribution in [0.1, 0.15) is 80.3 Å². The number of halogens is 1. The molecule has 1 N–H and O–H groups in total. The molecule has 0 spiro atoms. The number of hydrogen-bond donors (Lipinski definition) is 1. The van der Waals surface area contributed by atoms with Crippen molar-refractivity contribution in [2.24, 2.45) is 33.8 Å². The summed E-state index contributed by atoms with van der Waals surface area (Å²) in [6.07, 6.45) is -3.64. The fourth-order valence-electron chi connectivity index (χ4n) is 10.6. The van der Waals surface area contributed by atoms with Gasteiger partial charge in [-0.2, -0.15) is 0 Å². The minimum absolute atomic E-state index is 0.0171. The van der Waals surface area contributed by atoms with Crippen molar-refractivity contribution < 1.29 is 48.0 Å². The predicted molar refractivity (Wildman–Crippen MR) is 233 cm³/mol. The van der Waals surface area contributed by atoms with Crippen LogP contribution in [0.15, 0.2) is 40.5 Å². The molecule has 0 aromatic carbocycles. The van der Waals surface area contributed by atoms with E-state index in [1.54, 1.807) is 24.0 Å². The van der Waals surface area contributed by atoms with Crippen LogP contribution < -0.4 is 0 Å². The Balaban J connectivity index is 1.28. The number of carbonyl (C=O) groups is 2. The number of ether oxygens (including phenoxy) is 6. The van der Waals surface area contributed by atoms with Crippen LogP contribution in [0.5, 0.6) is 0 Å². The minimum Gasteiger partial charge on any atom is -0.458 e. The highest BCUT2D eigenvalue weighted by Crippen LogP contribution is 2.45. The number of aromatic nitrogens is 3. The largest absolute Gasteiger partial charge is 0.458 e. The third kappa shape index (κ3) is 9.75. The van der Waals surface area contributed by atoms with Crippen LogP contribution in [0, 0.1) is 23.7 Å². The normalized spacial score (nSPS) is 38.5. The first-order valence-corrected chi connectivity index (χ1v) is 22.6. The lowest BCUT2D eigenvalue weighted by Crippen LogP contribution is -2.60. The molecule has 4 saturated heterocycles. The molecule has 0 aliphatic carbocycles. The van der Waals surface area contributed by atoms with Crippen molar-refractivity contribution in [1.29, 1.82) is 0 Å². The third-order valence-electron chi connectivity index (χ3n) is 13.7. The number of amides is 1. The Labute approximate surface area is 375 Å². The highest BCUT2D eigenvalue weighted by atomic mass is 35.5. The van der Waals surface area contributed by atoms with Gasteiger partial charge in [0.15, 0.2) is 23.7 Å². The van der Waals surface area contributed by atoms with E-state index in [1.807, 2.05) is 71.8 Å². The first-order chi connectivity index (χ1) is 29.9. The fraction of sp³-hybridized carbons (Fsp3) is 0.711. The Hall–Kier alpha value is -3.84. The molecule has 17 nitrogen and oxygen atoms in total. The molecule has 7 heterocycles. The molecule has 2 aromatic rings.